The molecule has 1 heterocycles. The van der Waals surface area contributed by atoms with Gasteiger partial charge < -0.3 is 9.73 Å². The Morgan fingerprint density at radius 2 is 2.30 bits per heavy atom. The Labute approximate surface area is 124 Å². The Balaban J connectivity index is 1.64. The number of allylic oxidation sites excluding steroid dienone is 1. The van der Waals surface area contributed by atoms with Crippen LogP contribution in [0.25, 0.3) is 0 Å². The Bertz CT molecular complexity index is 475. The molecule has 20 heavy (non-hydrogen) atoms. The van der Waals surface area contributed by atoms with Crippen molar-refractivity contribution in [1.29, 1.82) is 0 Å². The monoisotopic (exact) mass is 294 g/mol. The average Bonchev–Trinajstić information content (AvgIpc) is 2.77. The highest BCUT2D eigenvalue weighted by Crippen LogP contribution is 2.20. The molecule has 0 fully saturated rings. The fourth-order valence-electron chi connectivity index (χ4n) is 2.18. The molecule has 1 amide bonds. The maximum atomic E-state index is 11.7. The lowest BCUT2D eigenvalue weighted by molar-refractivity contribution is -0.118. The number of nitrogens with zero attached hydrogens (tertiary/aromatic N) is 1. The third kappa shape index (κ3) is 4.71. The zero-order valence-corrected chi connectivity index (χ0v) is 13.0. The molecule has 0 aromatic carbocycles. The number of aromatic nitrogens is 1. The highest BCUT2D eigenvalue weighted by atomic mass is 32.2. The van der Waals surface area contributed by atoms with Crippen LogP contribution in [0, 0.1) is 13.8 Å². The number of carbonyl (C=O) groups is 1. The summed E-state index contributed by atoms with van der Waals surface area (Å²) in [5.41, 5.74) is 2.38. The maximum Gasteiger partial charge on any atom is 0.256 e. The fraction of sp³-hybridized carbons (Fsp3) is 0.600. The van der Waals surface area contributed by atoms with Gasteiger partial charge in [0.1, 0.15) is 5.76 Å². The molecule has 4 nitrogen and oxygen atoms in total. The minimum Gasteiger partial charge on any atom is -0.437 e. The second-order valence-corrected chi connectivity index (χ2v) is 6.04. The van der Waals surface area contributed by atoms with Crippen LogP contribution in [-0.4, -0.2) is 23.2 Å². The van der Waals surface area contributed by atoms with Gasteiger partial charge >= 0.3 is 0 Å². The normalized spacial score (nSPS) is 15.0. The highest BCUT2D eigenvalue weighted by molar-refractivity contribution is 7.99. The van der Waals surface area contributed by atoms with Crippen LogP contribution in [0.5, 0.6) is 0 Å². The van der Waals surface area contributed by atoms with Gasteiger partial charge in [0, 0.05) is 6.54 Å². The highest BCUT2D eigenvalue weighted by Gasteiger charge is 2.09. The van der Waals surface area contributed by atoms with Gasteiger partial charge in [-0.15, -0.1) is 0 Å². The molecule has 0 bridgehead atoms. The van der Waals surface area contributed by atoms with E-state index in [0.717, 1.165) is 24.4 Å². The zero-order chi connectivity index (χ0) is 14.4. The largest absolute Gasteiger partial charge is 0.437 e. The van der Waals surface area contributed by atoms with E-state index in [9.17, 15) is 4.79 Å². The first-order valence-electron chi connectivity index (χ1n) is 7.16. The summed E-state index contributed by atoms with van der Waals surface area (Å²) >= 11 is 1.35. The smallest absolute Gasteiger partial charge is 0.256 e. The van der Waals surface area contributed by atoms with Crippen molar-refractivity contribution < 1.29 is 9.21 Å². The molecule has 110 valence electrons. The standard InChI is InChI=1S/C15H22N2O2S/c1-11-12(2)19-15(17-11)20-10-14(18)16-9-8-13-6-4-3-5-7-13/h6H,3-5,7-10H2,1-2H3,(H,16,18). The SMILES string of the molecule is Cc1nc(SCC(=O)NCCC2=CCCCC2)oc1C. The molecule has 0 saturated carbocycles. The van der Waals surface area contributed by atoms with Gasteiger partial charge in [0.15, 0.2) is 0 Å². The van der Waals surface area contributed by atoms with Crippen LogP contribution in [0.15, 0.2) is 21.3 Å². The Morgan fingerprint density at radius 1 is 1.45 bits per heavy atom. The van der Waals surface area contributed by atoms with E-state index in [0.29, 0.717) is 11.0 Å². The average molecular weight is 294 g/mol. The number of hydrogen-bond acceptors (Lipinski definition) is 4. The molecular weight excluding hydrogens is 272 g/mol. The number of thioether (sulfide) groups is 1. The number of rotatable bonds is 6. The minimum atomic E-state index is 0.0416. The molecule has 1 aromatic rings. The molecule has 0 unspecified atom stereocenters. The van der Waals surface area contributed by atoms with Crippen LogP contribution in [0.2, 0.25) is 0 Å². The van der Waals surface area contributed by atoms with Gasteiger partial charge in [-0.3, -0.25) is 4.79 Å². The van der Waals surface area contributed by atoms with Gasteiger partial charge in [0.05, 0.1) is 11.4 Å². The van der Waals surface area contributed by atoms with Crippen molar-refractivity contribution in [3.63, 3.8) is 0 Å². The van der Waals surface area contributed by atoms with Crippen LogP contribution in [0.4, 0.5) is 0 Å². The molecule has 1 aromatic heterocycles. The van der Waals surface area contributed by atoms with Crippen LogP contribution in [0.1, 0.15) is 43.6 Å². The molecule has 0 radical (unpaired) electrons. The Kier molecular flexibility index (Phi) is 5.71. The van der Waals surface area contributed by atoms with Gasteiger partial charge in [-0.25, -0.2) is 4.98 Å². The number of nitrogens with one attached hydrogen (secondary N) is 1. The number of carbonyl (C=O) groups excluding carboxylic acids is 1. The van der Waals surface area contributed by atoms with Crippen molar-refractivity contribution >= 4 is 17.7 Å². The molecule has 0 saturated heterocycles. The van der Waals surface area contributed by atoms with E-state index < -0.39 is 0 Å². The molecule has 1 aliphatic carbocycles. The molecule has 0 spiro atoms. The van der Waals surface area contributed by atoms with Gasteiger partial charge in [-0.05, 0) is 46.0 Å². The summed E-state index contributed by atoms with van der Waals surface area (Å²) in [6.07, 6.45) is 8.29. The second kappa shape index (κ2) is 7.53. The number of amides is 1. The first kappa shape index (κ1) is 15.2. The van der Waals surface area contributed by atoms with Gasteiger partial charge in [0.2, 0.25) is 5.91 Å². The molecular formula is C15H22N2O2S. The van der Waals surface area contributed by atoms with Crippen molar-refractivity contribution in [3.05, 3.63) is 23.1 Å². The van der Waals surface area contributed by atoms with E-state index in [4.69, 9.17) is 4.42 Å². The van der Waals surface area contributed by atoms with Crippen LogP contribution < -0.4 is 5.32 Å². The maximum absolute atomic E-state index is 11.7. The Morgan fingerprint density at radius 3 is 2.95 bits per heavy atom. The Hall–Kier alpha value is -1.23. The van der Waals surface area contributed by atoms with Crippen molar-refractivity contribution in [2.75, 3.05) is 12.3 Å². The van der Waals surface area contributed by atoms with Crippen LogP contribution in [0.3, 0.4) is 0 Å². The summed E-state index contributed by atoms with van der Waals surface area (Å²) in [5, 5.41) is 3.53. The number of hydrogen-bond donors (Lipinski definition) is 1. The van der Waals surface area contributed by atoms with Crippen molar-refractivity contribution in [2.45, 2.75) is 51.2 Å². The molecule has 0 aliphatic heterocycles. The van der Waals surface area contributed by atoms with E-state index in [-0.39, 0.29) is 5.91 Å². The fourth-order valence-corrected chi connectivity index (χ4v) is 2.92. The molecule has 1 aliphatic rings. The van der Waals surface area contributed by atoms with Crippen molar-refractivity contribution in [2.24, 2.45) is 0 Å². The topological polar surface area (TPSA) is 55.1 Å². The van der Waals surface area contributed by atoms with E-state index in [1.807, 2.05) is 13.8 Å². The number of oxazole rings is 1. The molecule has 0 atom stereocenters. The van der Waals surface area contributed by atoms with Gasteiger partial charge in [-0.2, -0.15) is 0 Å². The molecule has 1 N–H and O–H groups in total. The third-order valence-electron chi connectivity index (χ3n) is 3.49. The summed E-state index contributed by atoms with van der Waals surface area (Å²) < 4.78 is 5.43. The van der Waals surface area contributed by atoms with E-state index >= 15 is 0 Å². The first-order chi connectivity index (χ1) is 9.65. The summed E-state index contributed by atoms with van der Waals surface area (Å²) in [6, 6.07) is 0. The lowest BCUT2D eigenvalue weighted by atomic mass is 9.97. The predicted octanol–water partition coefficient (Wildman–Crippen LogP) is 3.39. The predicted molar refractivity (Wildman–Crippen MR) is 80.9 cm³/mol. The molecule has 2 rings (SSSR count). The molecule has 5 heteroatoms. The third-order valence-corrected chi connectivity index (χ3v) is 4.32. The second-order valence-electron chi connectivity index (χ2n) is 5.12. The van der Waals surface area contributed by atoms with Crippen molar-refractivity contribution in [3.8, 4) is 0 Å². The summed E-state index contributed by atoms with van der Waals surface area (Å²) in [7, 11) is 0. The first-order valence-corrected chi connectivity index (χ1v) is 8.15. The van der Waals surface area contributed by atoms with E-state index in [2.05, 4.69) is 16.4 Å². The minimum absolute atomic E-state index is 0.0416. The lowest BCUT2D eigenvalue weighted by Gasteiger charge is -2.12. The van der Waals surface area contributed by atoms with Gasteiger partial charge in [-0.1, -0.05) is 23.4 Å². The van der Waals surface area contributed by atoms with E-state index in [1.54, 1.807) is 0 Å². The van der Waals surface area contributed by atoms with Crippen LogP contribution >= 0.6 is 11.8 Å². The van der Waals surface area contributed by atoms with Crippen molar-refractivity contribution in [1.82, 2.24) is 10.3 Å². The summed E-state index contributed by atoms with van der Waals surface area (Å²) in [6.45, 7) is 4.51. The quantitative estimate of drug-likeness (QED) is 0.645. The zero-order valence-electron chi connectivity index (χ0n) is 12.2. The number of aryl methyl sites for hydroxylation is 2. The van der Waals surface area contributed by atoms with E-state index in [1.165, 1.54) is 43.0 Å². The summed E-state index contributed by atoms with van der Waals surface area (Å²) in [5.74, 6) is 1.22. The van der Waals surface area contributed by atoms with Gasteiger partial charge in [0.25, 0.3) is 5.22 Å². The lowest BCUT2D eigenvalue weighted by Crippen LogP contribution is -2.26. The summed E-state index contributed by atoms with van der Waals surface area (Å²) in [4.78, 5) is 16.0. The van der Waals surface area contributed by atoms with Crippen LogP contribution in [-0.2, 0) is 4.79 Å².